The van der Waals surface area contributed by atoms with E-state index in [0.29, 0.717) is 18.4 Å². The Kier molecular flexibility index (Phi) is 14.5. The molecule has 5 atom stereocenters. The fourth-order valence-corrected chi connectivity index (χ4v) is 5.96. The first-order valence-electron chi connectivity index (χ1n) is 17.4. The summed E-state index contributed by atoms with van der Waals surface area (Å²) in [7, 11) is 0. The van der Waals surface area contributed by atoms with Crippen molar-refractivity contribution in [1.82, 2.24) is 20.9 Å². The molecule has 0 aliphatic heterocycles. The zero-order chi connectivity index (χ0) is 38.6. The highest BCUT2D eigenvalue weighted by atomic mass is 16.6. The Labute approximate surface area is 303 Å². The van der Waals surface area contributed by atoms with Gasteiger partial charge in [0.15, 0.2) is 11.3 Å². The van der Waals surface area contributed by atoms with Crippen molar-refractivity contribution >= 4 is 46.5 Å². The summed E-state index contributed by atoms with van der Waals surface area (Å²) in [6.07, 6.45) is -1.43. The van der Waals surface area contributed by atoms with E-state index in [-0.39, 0.29) is 31.7 Å². The van der Waals surface area contributed by atoms with Crippen molar-refractivity contribution in [2.24, 2.45) is 23.3 Å². The smallest absolute Gasteiger partial charge is 0.408 e. The standard InChI is InChI=1S/C38H52N6O8/c1-6-24(16-27-19-26-14-10-11-15-28(26)41-27)18-31(45)38(21-23(2)22-39,44-36(51)52-37(3,4)5)35(50)43-30(20-32(46)47)34(49)42-29(33(40)48)17-25-12-8-7-9-13-25/h7-15,19,23-24,29-30,41H,6,16-18,20-22,39H2,1-5H3,(H2,40,48)(H,42,49)(H,43,50)(H,44,51)(H,46,47)/t23?,24?,29-,30-,38+/m0/s1. The Balaban J connectivity index is 2.00. The molecule has 0 spiro atoms. The summed E-state index contributed by atoms with van der Waals surface area (Å²) in [5.41, 5.74) is 10.7. The second-order valence-corrected chi connectivity index (χ2v) is 14.3. The second kappa shape index (κ2) is 18.3. The lowest BCUT2D eigenvalue weighted by atomic mass is 9.78. The quantitative estimate of drug-likeness (QED) is 0.0900. The predicted octanol–water partition coefficient (Wildman–Crippen LogP) is 3.12. The van der Waals surface area contributed by atoms with Gasteiger partial charge in [-0.15, -0.1) is 0 Å². The van der Waals surface area contributed by atoms with Crippen molar-refractivity contribution in [1.29, 1.82) is 0 Å². The number of carbonyl (C=O) groups is 6. The van der Waals surface area contributed by atoms with Gasteiger partial charge in [-0.2, -0.15) is 0 Å². The molecule has 3 rings (SSSR count). The highest BCUT2D eigenvalue weighted by molar-refractivity contribution is 6.13. The van der Waals surface area contributed by atoms with Crippen molar-refractivity contribution in [3.63, 3.8) is 0 Å². The fraction of sp³-hybridized carbons (Fsp3) is 0.474. The molecule has 14 heteroatoms. The third kappa shape index (κ3) is 11.9. The lowest BCUT2D eigenvalue weighted by Gasteiger charge is -2.36. The summed E-state index contributed by atoms with van der Waals surface area (Å²) >= 11 is 0. The molecule has 1 heterocycles. The molecular weight excluding hydrogens is 668 g/mol. The Morgan fingerprint density at radius 2 is 1.56 bits per heavy atom. The van der Waals surface area contributed by atoms with E-state index in [9.17, 15) is 33.9 Å². The van der Waals surface area contributed by atoms with Gasteiger partial charge in [-0.3, -0.25) is 24.0 Å². The first-order valence-corrected chi connectivity index (χ1v) is 17.4. The van der Waals surface area contributed by atoms with Crippen LogP contribution in [0.15, 0.2) is 60.7 Å². The number of H-pyrrole nitrogens is 1. The number of aliphatic carboxylic acids is 1. The van der Waals surface area contributed by atoms with Gasteiger partial charge in [-0.1, -0.05) is 68.8 Å². The molecule has 2 unspecified atom stereocenters. The number of aromatic amines is 1. The summed E-state index contributed by atoms with van der Waals surface area (Å²) in [6, 6.07) is 15.4. The minimum Gasteiger partial charge on any atom is -0.481 e. The lowest BCUT2D eigenvalue weighted by Crippen LogP contribution is -2.67. The monoisotopic (exact) mass is 720 g/mol. The van der Waals surface area contributed by atoms with Gasteiger partial charge in [0.2, 0.25) is 11.8 Å². The van der Waals surface area contributed by atoms with Gasteiger partial charge < -0.3 is 42.2 Å². The van der Waals surface area contributed by atoms with E-state index in [0.717, 1.165) is 16.6 Å². The number of alkyl carbamates (subject to hydrolysis) is 1. The summed E-state index contributed by atoms with van der Waals surface area (Å²) in [6.45, 7) is 8.47. The summed E-state index contributed by atoms with van der Waals surface area (Å²) in [5, 5.41) is 18.1. The number of hydrogen-bond donors (Lipinski definition) is 7. The average molecular weight is 721 g/mol. The van der Waals surface area contributed by atoms with Crippen LogP contribution in [0.4, 0.5) is 4.79 Å². The van der Waals surface area contributed by atoms with Crippen molar-refractivity contribution < 1.29 is 38.6 Å². The van der Waals surface area contributed by atoms with E-state index in [1.165, 1.54) is 0 Å². The Morgan fingerprint density at radius 3 is 2.13 bits per heavy atom. The number of benzene rings is 2. The minimum atomic E-state index is -2.32. The van der Waals surface area contributed by atoms with E-state index in [4.69, 9.17) is 16.2 Å². The third-order valence-corrected chi connectivity index (χ3v) is 8.72. The largest absolute Gasteiger partial charge is 0.481 e. The number of ketones is 1. The molecule has 4 amide bonds. The Bertz CT molecular complexity index is 1690. The van der Waals surface area contributed by atoms with E-state index in [1.54, 1.807) is 58.0 Å². The molecule has 0 fully saturated rings. The lowest BCUT2D eigenvalue weighted by molar-refractivity contribution is -0.143. The van der Waals surface area contributed by atoms with Crippen LogP contribution in [-0.2, 0) is 41.6 Å². The van der Waals surface area contributed by atoms with Gasteiger partial charge in [0.25, 0.3) is 5.91 Å². The van der Waals surface area contributed by atoms with Crippen LogP contribution in [0.25, 0.3) is 10.9 Å². The first kappa shape index (κ1) is 41.2. The Morgan fingerprint density at radius 1 is 0.904 bits per heavy atom. The number of rotatable bonds is 19. The number of ether oxygens (including phenoxy) is 1. The number of Topliss-reactive ketones (excluding diaryl/α,β-unsaturated/α-hetero) is 1. The van der Waals surface area contributed by atoms with Crippen LogP contribution < -0.4 is 27.4 Å². The minimum absolute atomic E-state index is 0.00106. The summed E-state index contributed by atoms with van der Waals surface area (Å²) in [4.78, 5) is 83.7. The van der Waals surface area contributed by atoms with Gasteiger partial charge in [0.1, 0.15) is 17.7 Å². The molecule has 0 saturated heterocycles. The number of aromatic nitrogens is 1. The number of nitrogens with two attached hydrogens (primary N) is 2. The molecule has 0 aliphatic rings. The zero-order valence-corrected chi connectivity index (χ0v) is 30.5. The van der Waals surface area contributed by atoms with Crippen LogP contribution >= 0.6 is 0 Å². The fourth-order valence-electron chi connectivity index (χ4n) is 5.96. The van der Waals surface area contributed by atoms with Crippen LogP contribution in [0.2, 0.25) is 0 Å². The highest BCUT2D eigenvalue weighted by Crippen LogP contribution is 2.27. The van der Waals surface area contributed by atoms with Crippen LogP contribution in [0.1, 0.15) is 71.6 Å². The zero-order valence-electron chi connectivity index (χ0n) is 30.5. The van der Waals surface area contributed by atoms with E-state index in [1.807, 2.05) is 37.3 Å². The topological polar surface area (TPSA) is 236 Å². The molecule has 14 nitrogen and oxygen atoms in total. The summed E-state index contributed by atoms with van der Waals surface area (Å²) < 4.78 is 5.48. The molecule has 0 radical (unpaired) electrons. The third-order valence-electron chi connectivity index (χ3n) is 8.72. The van der Waals surface area contributed by atoms with Gasteiger partial charge in [0, 0.05) is 24.1 Å². The maximum Gasteiger partial charge on any atom is 0.408 e. The molecule has 1 aromatic heterocycles. The van der Waals surface area contributed by atoms with Crippen molar-refractivity contribution in [3.8, 4) is 0 Å². The number of amides is 4. The van der Waals surface area contributed by atoms with Crippen LogP contribution in [0.3, 0.4) is 0 Å². The van der Waals surface area contributed by atoms with Gasteiger partial charge in [-0.25, -0.2) is 4.79 Å². The number of nitrogens with one attached hydrogen (secondary N) is 4. The number of carboxylic acids is 1. The maximum absolute atomic E-state index is 14.6. The van der Waals surface area contributed by atoms with Crippen molar-refractivity contribution in [2.75, 3.05) is 6.54 Å². The number of carbonyl (C=O) groups excluding carboxylic acids is 5. The van der Waals surface area contributed by atoms with E-state index >= 15 is 0 Å². The summed E-state index contributed by atoms with van der Waals surface area (Å²) in [5.74, 6) is -5.94. The molecule has 52 heavy (non-hydrogen) atoms. The van der Waals surface area contributed by atoms with Crippen molar-refractivity contribution in [3.05, 3.63) is 71.9 Å². The number of primary amides is 1. The normalized spacial score (nSPS) is 15.0. The predicted molar refractivity (Wildman–Crippen MR) is 196 cm³/mol. The molecule has 0 aliphatic carbocycles. The SMILES string of the molecule is CCC(CC(=O)[C@@](CC(C)CN)(NC(=O)OC(C)(C)C)C(=O)N[C@@H](CC(=O)O)C(=O)N[C@@H](Cc1ccccc1)C(N)=O)Cc1cc2ccccc2[nH]1. The average Bonchev–Trinajstić information content (AvgIpc) is 3.48. The van der Waals surface area contributed by atoms with Crippen LogP contribution in [-0.4, -0.2) is 75.4 Å². The second-order valence-electron chi connectivity index (χ2n) is 14.3. The van der Waals surface area contributed by atoms with Gasteiger partial charge >= 0.3 is 12.1 Å². The number of fused-ring (bicyclic) bond motifs is 1. The molecule has 0 bridgehead atoms. The van der Waals surface area contributed by atoms with Gasteiger partial charge in [-0.05, 0) is 75.1 Å². The Hall–Kier alpha value is -5.24. The number of hydrogen-bond acceptors (Lipinski definition) is 8. The molecule has 282 valence electrons. The van der Waals surface area contributed by atoms with E-state index < -0.39 is 71.1 Å². The number of carboxylic acid groups (broad SMARTS) is 1. The molecule has 0 saturated carbocycles. The van der Waals surface area contributed by atoms with E-state index in [2.05, 4.69) is 20.9 Å². The molecule has 3 aromatic rings. The van der Waals surface area contributed by atoms with Gasteiger partial charge in [0.05, 0.1) is 6.42 Å². The molecule has 2 aromatic carbocycles. The molecular formula is C38H52N6O8. The van der Waals surface area contributed by atoms with Crippen molar-refractivity contribution in [2.45, 2.75) is 96.4 Å². The first-order chi connectivity index (χ1) is 24.5. The number of para-hydroxylation sites is 1. The van der Waals surface area contributed by atoms with Crippen LogP contribution in [0, 0.1) is 11.8 Å². The molecule has 9 N–H and O–H groups in total. The maximum atomic E-state index is 14.6. The van der Waals surface area contributed by atoms with Crippen LogP contribution in [0.5, 0.6) is 0 Å². The highest BCUT2D eigenvalue weighted by Gasteiger charge is 2.50.